The van der Waals surface area contributed by atoms with Gasteiger partial charge < -0.3 is 4.74 Å². The Kier molecular flexibility index (Phi) is 4.37. The van der Waals surface area contributed by atoms with Crippen molar-refractivity contribution < 1.29 is 22.3 Å². The zero-order valence-corrected chi connectivity index (χ0v) is 13.6. The van der Waals surface area contributed by atoms with Gasteiger partial charge in [0, 0.05) is 11.3 Å². The number of fused-ring (bicyclic) bond motifs is 1. The summed E-state index contributed by atoms with van der Waals surface area (Å²) in [7, 11) is 0. The third-order valence-electron chi connectivity index (χ3n) is 3.90. The summed E-state index contributed by atoms with van der Waals surface area (Å²) in [6.07, 6.45) is 1.22. The Balaban J connectivity index is 2.06. The molecule has 0 N–H and O–H groups in total. The molecule has 1 heterocycles. The van der Waals surface area contributed by atoms with Gasteiger partial charge in [-0.2, -0.15) is 0 Å². The average Bonchev–Trinajstić information content (AvgIpc) is 2.54. The number of ether oxygens (including phenoxy) is 1. The van der Waals surface area contributed by atoms with Crippen molar-refractivity contribution in [1.82, 2.24) is 4.98 Å². The molecule has 0 aliphatic rings. The fourth-order valence-electron chi connectivity index (χ4n) is 2.49. The van der Waals surface area contributed by atoms with Gasteiger partial charge in [0.1, 0.15) is 28.7 Å². The first-order valence-electron chi connectivity index (χ1n) is 7.69. The lowest BCUT2D eigenvalue weighted by molar-refractivity contribution is -0.0558. The lowest BCUT2D eigenvalue weighted by Crippen LogP contribution is -2.23. The van der Waals surface area contributed by atoms with Gasteiger partial charge in [0.05, 0.1) is 11.8 Å². The number of para-hydroxylation sites is 1. The van der Waals surface area contributed by atoms with E-state index in [4.69, 9.17) is 4.74 Å². The van der Waals surface area contributed by atoms with Gasteiger partial charge in [-0.1, -0.05) is 32.0 Å². The van der Waals surface area contributed by atoms with Crippen molar-refractivity contribution in [2.24, 2.45) is 5.92 Å². The van der Waals surface area contributed by atoms with E-state index >= 15 is 0 Å². The van der Waals surface area contributed by atoms with Crippen LogP contribution in [0.3, 0.4) is 0 Å². The first kappa shape index (κ1) is 17.2. The molecule has 6 heteroatoms. The Morgan fingerprint density at radius 2 is 1.68 bits per heavy atom. The molecule has 130 valence electrons. The summed E-state index contributed by atoms with van der Waals surface area (Å²) in [5.74, 6) is -6.24. The van der Waals surface area contributed by atoms with Crippen LogP contribution < -0.4 is 4.74 Å². The Morgan fingerprint density at radius 3 is 2.40 bits per heavy atom. The summed E-state index contributed by atoms with van der Waals surface area (Å²) in [6.45, 7) is 2.60. The first-order chi connectivity index (χ1) is 11.8. The van der Waals surface area contributed by atoms with Crippen LogP contribution in [0.25, 0.3) is 10.9 Å². The maximum Gasteiger partial charge on any atom is 0.281 e. The van der Waals surface area contributed by atoms with E-state index in [9.17, 15) is 17.6 Å². The normalized spacial score (nSPS) is 12.0. The molecule has 2 nitrogen and oxygen atoms in total. The van der Waals surface area contributed by atoms with Crippen LogP contribution >= 0.6 is 0 Å². The maximum atomic E-state index is 14.4. The molecule has 0 atom stereocenters. The highest BCUT2D eigenvalue weighted by atomic mass is 19.3. The number of alkyl halides is 2. The SMILES string of the molecule is CC(C)C(F)(F)c1c(F)cccc1Oc1cnc2c(F)cccc2c1. The molecule has 0 aliphatic heterocycles. The van der Waals surface area contributed by atoms with Crippen molar-refractivity contribution >= 4 is 10.9 Å². The van der Waals surface area contributed by atoms with Gasteiger partial charge in [0.15, 0.2) is 0 Å². The van der Waals surface area contributed by atoms with Crippen LogP contribution in [0, 0.1) is 17.6 Å². The summed E-state index contributed by atoms with van der Waals surface area (Å²) < 4.78 is 62.1. The smallest absolute Gasteiger partial charge is 0.281 e. The summed E-state index contributed by atoms with van der Waals surface area (Å²) in [6, 6.07) is 9.38. The Hall–Kier alpha value is -2.63. The predicted octanol–water partition coefficient (Wildman–Crippen LogP) is 6.05. The number of rotatable bonds is 4. The van der Waals surface area contributed by atoms with Crippen molar-refractivity contribution in [3.8, 4) is 11.5 Å². The molecule has 0 saturated carbocycles. The molecule has 0 unspecified atom stereocenters. The van der Waals surface area contributed by atoms with E-state index in [1.165, 1.54) is 50.4 Å². The monoisotopic (exact) mass is 349 g/mol. The minimum absolute atomic E-state index is 0.115. The second-order valence-corrected chi connectivity index (χ2v) is 5.98. The summed E-state index contributed by atoms with van der Waals surface area (Å²) in [4.78, 5) is 3.94. The van der Waals surface area contributed by atoms with Gasteiger partial charge in [-0.3, -0.25) is 0 Å². The van der Waals surface area contributed by atoms with Crippen molar-refractivity contribution in [1.29, 1.82) is 0 Å². The number of pyridine rings is 1. The molecule has 0 spiro atoms. The highest BCUT2D eigenvalue weighted by molar-refractivity contribution is 5.80. The van der Waals surface area contributed by atoms with Crippen LogP contribution in [-0.4, -0.2) is 4.98 Å². The Morgan fingerprint density at radius 1 is 1.00 bits per heavy atom. The van der Waals surface area contributed by atoms with Crippen molar-refractivity contribution in [3.63, 3.8) is 0 Å². The van der Waals surface area contributed by atoms with Crippen LogP contribution in [0.1, 0.15) is 19.4 Å². The van der Waals surface area contributed by atoms with Gasteiger partial charge in [-0.15, -0.1) is 0 Å². The molecule has 25 heavy (non-hydrogen) atoms. The highest BCUT2D eigenvalue weighted by Gasteiger charge is 2.41. The van der Waals surface area contributed by atoms with E-state index in [-0.39, 0.29) is 17.0 Å². The van der Waals surface area contributed by atoms with Crippen LogP contribution in [0.4, 0.5) is 17.6 Å². The molecule has 3 aromatic rings. The summed E-state index contributed by atoms with van der Waals surface area (Å²) >= 11 is 0. The van der Waals surface area contributed by atoms with E-state index in [2.05, 4.69) is 4.98 Å². The van der Waals surface area contributed by atoms with Crippen LogP contribution in [-0.2, 0) is 5.92 Å². The lowest BCUT2D eigenvalue weighted by Gasteiger charge is -2.23. The van der Waals surface area contributed by atoms with Crippen LogP contribution in [0.5, 0.6) is 11.5 Å². The second-order valence-electron chi connectivity index (χ2n) is 5.98. The number of hydrogen-bond acceptors (Lipinski definition) is 2. The number of nitrogens with zero attached hydrogens (tertiary/aromatic N) is 1. The zero-order chi connectivity index (χ0) is 18.2. The number of aromatic nitrogens is 1. The maximum absolute atomic E-state index is 14.4. The highest BCUT2D eigenvalue weighted by Crippen LogP contribution is 2.43. The minimum atomic E-state index is -3.41. The average molecular weight is 349 g/mol. The molecule has 3 rings (SSSR count). The summed E-state index contributed by atoms with van der Waals surface area (Å²) in [5, 5.41) is 0.450. The number of halogens is 4. The molecule has 0 radical (unpaired) electrons. The van der Waals surface area contributed by atoms with Crippen molar-refractivity contribution in [2.45, 2.75) is 19.8 Å². The second kappa shape index (κ2) is 6.35. The van der Waals surface area contributed by atoms with E-state index in [1.54, 1.807) is 6.07 Å². The molecular formula is C19H15F4NO. The van der Waals surface area contributed by atoms with E-state index < -0.39 is 29.0 Å². The molecule has 2 aromatic carbocycles. The molecular weight excluding hydrogens is 334 g/mol. The van der Waals surface area contributed by atoms with Gasteiger partial charge in [0.2, 0.25) is 0 Å². The fourth-order valence-corrected chi connectivity index (χ4v) is 2.49. The molecule has 0 bridgehead atoms. The number of benzene rings is 2. The zero-order valence-electron chi connectivity index (χ0n) is 13.6. The largest absolute Gasteiger partial charge is 0.455 e. The van der Waals surface area contributed by atoms with Gasteiger partial charge in [-0.05, 0) is 24.3 Å². The molecule has 0 saturated heterocycles. The molecule has 0 fully saturated rings. The van der Waals surface area contributed by atoms with Gasteiger partial charge >= 0.3 is 0 Å². The predicted molar refractivity (Wildman–Crippen MR) is 86.9 cm³/mol. The molecule has 1 aromatic heterocycles. The third-order valence-corrected chi connectivity index (χ3v) is 3.90. The van der Waals surface area contributed by atoms with Crippen LogP contribution in [0.15, 0.2) is 48.7 Å². The van der Waals surface area contributed by atoms with Crippen LogP contribution in [0.2, 0.25) is 0 Å². The van der Waals surface area contributed by atoms with Crippen molar-refractivity contribution in [3.05, 3.63) is 65.9 Å². The topological polar surface area (TPSA) is 22.1 Å². The Labute approximate surface area is 142 Å². The van der Waals surface area contributed by atoms with Crippen molar-refractivity contribution in [2.75, 3.05) is 0 Å². The van der Waals surface area contributed by atoms with Gasteiger partial charge in [0.25, 0.3) is 5.92 Å². The van der Waals surface area contributed by atoms with E-state index in [0.29, 0.717) is 5.39 Å². The summed E-state index contributed by atoms with van der Waals surface area (Å²) in [5.41, 5.74) is -0.661. The minimum Gasteiger partial charge on any atom is -0.455 e. The first-order valence-corrected chi connectivity index (χ1v) is 7.69. The molecule has 0 amide bonds. The third kappa shape index (κ3) is 3.16. The molecule has 0 aliphatic carbocycles. The van der Waals surface area contributed by atoms with E-state index in [1.807, 2.05) is 0 Å². The fraction of sp³-hybridized carbons (Fsp3) is 0.211. The lowest BCUT2D eigenvalue weighted by atomic mass is 9.96. The quantitative estimate of drug-likeness (QED) is 0.535. The standard InChI is InChI=1S/C19H15F4NO/c1-11(2)19(22,23)17-14(20)6-4-8-16(17)25-13-9-12-5-3-7-15(21)18(12)24-10-13/h3-11H,1-2H3. The Bertz CT molecular complexity index is 924. The number of hydrogen-bond donors (Lipinski definition) is 0. The van der Waals surface area contributed by atoms with Gasteiger partial charge in [-0.25, -0.2) is 22.5 Å². The van der Waals surface area contributed by atoms with E-state index in [0.717, 1.165) is 6.07 Å².